The second-order valence-corrected chi connectivity index (χ2v) is 18.4. The van der Waals surface area contributed by atoms with Crippen LogP contribution < -0.4 is 0 Å². The van der Waals surface area contributed by atoms with Crippen LogP contribution in [0.4, 0.5) is 0 Å². The molecule has 0 aliphatic rings. The molecule has 5 aromatic carbocycles. The third-order valence-electron chi connectivity index (χ3n) is 10.5. The molecule has 254 valence electrons. The van der Waals surface area contributed by atoms with Crippen LogP contribution in [-0.2, 0) is 21.7 Å². The average molecular weight is 658 g/mol. The first-order chi connectivity index (χ1) is 23.3. The van der Waals surface area contributed by atoms with E-state index in [0.29, 0.717) is 5.56 Å². The molecule has 50 heavy (non-hydrogen) atoms. The Morgan fingerprint density at radius 2 is 0.640 bits per heavy atom. The van der Waals surface area contributed by atoms with Crippen LogP contribution in [0.5, 0.6) is 0 Å². The molecule has 0 radical (unpaired) electrons. The van der Waals surface area contributed by atoms with Crippen LogP contribution >= 0.6 is 0 Å². The number of nitrogens with zero attached hydrogens (tertiary/aromatic N) is 3. The first kappa shape index (κ1) is 33.7. The summed E-state index contributed by atoms with van der Waals surface area (Å²) in [6.45, 7) is 27.3. The average Bonchev–Trinajstić information content (AvgIpc) is 3.54. The summed E-state index contributed by atoms with van der Waals surface area (Å²) >= 11 is 0. The minimum atomic E-state index is 0.0222. The number of hydrogen-bond donors (Lipinski definition) is 0. The van der Waals surface area contributed by atoms with E-state index in [0.717, 1.165) is 33.4 Å². The van der Waals surface area contributed by atoms with Crippen molar-refractivity contribution in [1.82, 2.24) is 9.13 Å². The van der Waals surface area contributed by atoms with E-state index >= 15 is 0 Å². The van der Waals surface area contributed by atoms with Crippen molar-refractivity contribution in [2.75, 3.05) is 0 Å². The lowest BCUT2D eigenvalue weighted by atomic mass is 9.85. The molecular weight excluding hydrogens is 607 g/mol. The molecule has 0 atom stereocenters. The summed E-state index contributed by atoms with van der Waals surface area (Å²) in [6.07, 6.45) is 0. The maximum Gasteiger partial charge on any atom is 0.0993 e. The van der Waals surface area contributed by atoms with Crippen LogP contribution in [0.15, 0.2) is 91.0 Å². The smallest absolute Gasteiger partial charge is 0.0993 e. The molecule has 2 aromatic heterocycles. The summed E-state index contributed by atoms with van der Waals surface area (Å²) in [7, 11) is 0. The molecule has 0 fully saturated rings. The number of hydrogen-bond acceptors (Lipinski definition) is 1. The van der Waals surface area contributed by atoms with Crippen molar-refractivity contribution < 1.29 is 0 Å². The van der Waals surface area contributed by atoms with Crippen molar-refractivity contribution in [2.45, 2.75) is 105 Å². The summed E-state index contributed by atoms with van der Waals surface area (Å²) in [5.74, 6) is 0. The van der Waals surface area contributed by atoms with Crippen molar-refractivity contribution in [3.8, 4) is 17.4 Å². The Hall–Kier alpha value is -4.81. The third-order valence-corrected chi connectivity index (χ3v) is 10.5. The van der Waals surface area contributed by atoms with E-state index in [4.69, 9.17) is 0 Å². The van der Waals surface area contributed by atoms with Gasteiger partial charge in [-0.2, -0.15) is 5.26 Å². The Balaban J connectivity index is 1.56. The van der Waals surface area contributed by atoms with Crippen molar-refractivity contribution in [2.24, 2.45) is 0 Å². The van der Waals surface area contributed by atoms with Gasteiger partial charge in [-0.15, -0.1) is 0 Å². The fraction of sp³-hybridized carbons (Fsp3) is 0.340. The Bertz CT molecular complexity index is 2210. The number of nitriles is 1. The molecule has 2 heterocycles. The number of benzene rings is 5. The number of aromatic nitrogens is 2. The molecule has 0 spiro atoms. The summed E-state index contributed by atoms with van der Waals surface area (Å²) in [5, 5.41) is 15.4. The predicted octanol–water partition coefficient (Wildman–Crippen LogP) is 12.9. The molecule has 0 amide bonds. The van der Waals surface area contributed by atoms with E-state index < -0.39 is 0 Å². The second kappa shape index (κ2) is 11.1. The summed E-state index contributed by atoms with van der Waals surface area (Å²) in [5.41, 5.74) is 12.5. The quantitative estimate of drug-likeness (QED) is 0.182. The van der Waals surface area contributed by atoms with Gasteiger partial charge in [0.05, 0.1) is 33.7 Å². The van der Waals surface area contributed by atoms with Crippen LogP contribution in [0.2, 0.25) is 0 Å². The van der Waals surface area contributed by atoms with E-state index in [-0.39, 0.29) is 21.7 Å². The normalized spacial score (nSPS) is 13.2. The van der Waals surface area contributed by atoms with Crippen LogP contribution in [0, 0.1) is 11.3 Å². The van der Waals surface area contributed by atoms with Gasteiger partial charge in [0, 0.05) is 32.9 Å². The van der Waals surface area contributed by atoms with E-state index in [9.17, 15) is 5.26 Å². The zero-order chi connectivity index (χ0) is 36.1. The third kappa shape index (κ3) is 5.60. The number of fused-ring (bicyclic) bond motifs is 6. The lowest BCUT2D eigenvalue weighted by molar-refractivity contribution is 0.590. The monoisotopic (exact) mass is 657 g/mol. The largest absolute Gasteiger partial charge is 0.309 e. The van der Waals surface area contributed by atoms with Gasteiger partial charge >= 0.3 is 0 Å². The summed E-state index contributed by atoms with van der Waals surface area (Å²) in [6, 6.07) is 36.5. The zero-order valence-corrected chi connectivity index (χ0v) is 32.0. The van der Waals surface area contributed by atoms with Crippen LogP contribution in [0.3, 0.4) is 0 Å². The standard InChI is InChI=1S/C47H51N3/c1-44(2,3)30-13-17-40-36(23-30)37-24-31(45(4,5)6)14-18-41(37)49(40)34-21-29(28-48)22-35(27-34)50-42-19-15-32(46(7,8)9)25-38(42)39-26-33(47(10,11)12)16-20-43(39)50/h13-27H,1-12H3. The first-order valence-electron chi connectivity index (χ1n) is 18.0. The van der Waals surface area contributed by atoms with Crippen molar-refractivity contribution in [3.05, 3.63) is 119 Å². The topological polar surface area (TPSA) is 33.6 Å². The molecule has 7 aromatic rings. The maximum atomic E-state index is 10.5. The molecule has 3 nitrogen and oxygen atoms in total. The van der Waals surface area contributed by atoms with Gasteiger partial charge in [0.15, 0.2) is 0 Å². The van der Waals surface area contributed by atoms with E-state index in [1.54, 1.807) is 0 Å². The summed E-state index contributed by atoms with van der Waals surface area (Å²) in [4.78, 5) is 0. The Labute approximate surface area is 298 Å². The lowest BCUT2D eigenvalue weighted by Crippen LogP contribution is -2.10. The molecule has 3 heteroatoms. The van der Waals surface area contributed by atoms with Gasteiger partial charge in [-0.25, -0.2) is 0 Å². The Morgan fingerprint density at radius 1 is 0.380 bits per heavy atom. The molecule has 0 aliphatic heterocycles. The first-order valence-corrected chi connectivity index (χ1v) is 18.0. The lowest BCUT2D eigenvalue weighted by Gasteiger charge is -2.19. The van der Waals surface area contributed by atoms with E-state index in [2.05, 4.69) is 177 Å². The Kier molecular flexibility index (Phi) is 7.47. The molecule has 7 rings (SSSR count). The highest BCUT2D eigenvalue weighted by molar-refractivity contribution is 6.11. The van der Waals surface area contributed by atoms with Crippen molar-refractivity contribution in [1.29, 1.82) is 5.26 Å². The zero-order valence-electron chi connectivity index (χ0n) is 32.0. The van der Waals surface area contributed by atoms with Gasteiger partial charge in [0.25, 0.3) is 0 Å². The van der Waals surface area contributed by atoms with Gasteiger partial charge in [-0.3, -0.25) is 0 Å². The molecular formula is C47H51N3. The molecule has 0 bridgehead atoms. The van der Waals surface area contributed by atoms with E-state index in [1.165, 1.54) is 43.8 Å². The van der Waals surface area contributed by atoms with Gasteiger partial charge < -0.3 is 9.13 Å². The molecule has 0 N–H and O–H groups in total. The highest BCUT2D eigenvalue weighted by Crippen LogP contribution is 2.41. The van der Waals surface area contributed by atoms with Crippen LogP contribution in [0.1, 0.15) is 111 Å². The second-order valence-electron chi connectivity index (χ2n) is 18.4. The summed E-state index contributed by atoms with van der Waals surface area (Å²) < 4.78 is 4.72. The fourth-order valence-corrected chi connectivity index (χ4v) is 7.39. The SMILES string of the molecule is CC(C)(C)c1ccc2c(c1)c1cc(C(C)(C)C)ccc1n2-c1cc(C#N)cc(-n2c3ccc(C(C)(C)C)cc3c3cc(C(C)(C)C)ccc32)c1. The van der Waals surface area contributed by atoms with Crippen LogP contribution in [0.25, 0.3) is 55.0 Å². The highest BCUT2D eigenvalue weighted by Gasteiger charge is 2.24. The molecule has 0 aliphatic carbocycles. The minimum absolute atomic E-state index is 0.0222. The van der Waals surface area contributed by atoms with Crippen molar-refractivity contribution in [3.63, 3.8) is 0 Å². The van der Waals surface area contributed by atoms with Gasteiger partial charge in [0.2, 0.25) is 0 Å². The molecule has 0 saturated carbocycles. The minimum Gasteiger partial charge on any atom is -0.309 e. The fourth-order valence-electron chi connectivity index (χ4n) is 7.39. The van der Waals surface area contributed by atoms with Crippen LogP contribution in [-0.4, -0.2) is 9.13 Å². The van der Waals surface area contributed by atoms with E-state index in [1.807, 2.05) is 12.1 Å². The van der Waals surface area contributed by atoms with Gasteiger partial charge in [0.1, 0.15) is 0 Å². The highest BCUT2D eigenvalue weighted by atomic mass is 15.0. The maximum absolute atomic E-state index is 10.5. The molecule has 0 saturated heterocycles. The molecule has 0 unspecified atom stereocenters. The van der Waals surface area contributed by atoms with Gasteiger partial charge in [-0.05, 0) is 111 Å². The van der Waals surface area contributed by atoms with Crippen molar-refractivity contribution >= 4 is 43.6 Å². The Morgan fingerprint density at radius 3 is 0.860 bits per heavy atom. The predicted molar refractivity (Wildman–Crippen MR) is 215 cm³/mol. The number of rotatable bonds is 2. The van der Waals surface area contributed by atoms with Gasteiger partial charge in [-0.1, -0.05) is 107 Å².